The van der Waals surface area contributed by atoms with Crippen LogP contribution in [0.1, 0.15) is 44.0 Å². The molecular formula is C25H32N2O4S. The molecule has 1 aromatic heterocycles. The third-order valence-electron chi connectivity index (χ3n) is 5.11. The second kappa shape index (κ2) is 12.5. The highest BCUT2D eigenvalue weighted by Gasteiger charge is 2.23. The normalized spacial score (nSPS) is 13.2. The quantitative estimate of drug-likeness (QED) is 0.272. The molecule has 1 heterocycles. The number of hydrogen-bond acceptors (Lipinski definition) is 6. The summed E-state index contributed by atoms with van der Waals surface area (Å²) < 4.78 is 12.8. The van der Waals surface area contributed by atoms with E-state index >= 15 is 0 Å². The Morgan fingerprint density at radius 3 is 2.47 bits per heavy atom. The number of amides is 1. The molecule has 2 unspecified atom stereocenters. The number of carbonyl (C=O) groups excluding carboxylic acids is 1. The van der Waals surface area contributed by atoms with Crippen LogP contribution >= 0.6 is 11.3 Å². The van der Waals surface area contributed by atoms with Gasteiger partial charge in [0, 0.05) is 18.1 Å². The number of ether oxygens (including phenoxy) is 2. The number of para-hydroxylation sites is 1. The van der Waals surface area contributed by atoms with Crippen molar-refractivity contribution in [2.45, 2.75) is 39.7 Å². The van der Waals surface area contributed by atoms with Crippen LogP contribution in [0.2, 0.25) is 0 Å². The van der Waals surface area contributed by atoms with E-state index in [1.165, 1.54) is 0 Å². The Balaban J connectivity index is 1.30. The first-order chi connectivity index (χ1) is 15.5. The van der Waals surface area contributed by atoms with Crippen LogP contribution in [-0.2, 0) is 9.57 Å². The molecule has 0 saturated heterocycles. The van der Waals surface area contributed by atoms with Crippen molar-refractivity contribution >= 4 is 27.5 Å². The molecule has 0 bridgehead atoms. The van der Waals surface area contributed by atoms with Gasteiger partial charge in [-0.2, -0.15) is 0 Å². The summed E-state index contributed by atoms with van der Waals surface area (Å²) in [6.45, 7) is 8.10. The molecule has 3 rings (SSSR count). The fraction of sp³-hybridized carbons (Fsp3) is 0.440. The largest absolute Gasteiger partial charge is 0.470 e. The molecule has 1 amide bonds. The summed E-state index contributed by atoms with van der Waals surface area (Å²) in [6, 6.07) is 17.1. The molecular weight excluding hydrogens is 424 g/mol. The second-order valence-electron chi connectivity index (χ2n) is 8.18. The van der Waals surface area contributed by atoms with Crippen molar-refractivity contribution in [3.05, 3.63) is 60.2 Å². The van der Waals surface area contributed by atoms with Gasteiger partial charge >= 0.3 is 0 Å². The number of thiazole rings is 1. The maximum atomic E-state index is 12.2. The van der Waals surface area contributed by atoms with E-state index in [1.54, 1.807) is 23.5 Å². The predicted octanol–water partition coefficient (Wildman–Crippen LogP) is 5.49. The fourth-order valence-corrected chi connectivity index (χ4v) is 4.26. The lowest BCUT2D eigenvalue weighted by molar-refractivity contribution is -0.0788. The highest BCUT2D eigenvalue weighted by atomic mass is 32.1. The van der Waals surface area contributed by atoms with Crippen LogP contribution in [0.3, 0.4) is 0 Å². The minimum atomic E-state index is -0.238. The van der Waals surface area contributed by atoms with Gasteiger partial charge in [-0.1, -0.05) is 62.4 Å². The smallest absolute Gasteiger partial charge is 0.274 e. The predicted molar refractivity (Wildman–Crippen MR) is 128 cm³/mol. The molecule has 7 heteroatoms. The van der Waals surface area contributed by atoms with Gasteiger partial charge in [0.05, 0.1) is 29.5 Å². The van der Waals surface area contributed by atoms with Crippen LogP contribution in [0.25, 0.3) is 10.2 Å². The van der Waals surface area contributed by atoms with Crippen molar-refractivity contribution in [3.63, 3.8) is 0 Å². The number of nitrogens with one attached hydrogen (secondary N) is 1. The zero-order chi connectivity index (χ0) is 22.8. The van der Waals surface area contributed by atoms with Crippen LogP contribution in [0.4, 0.5) is 0 Å². The lowest BCUT2D eigenvalue weighted by Gasteiger charge is -2.27. The van der Waals surface area contributed by atoms with Gasteiger partial charge in [-0.25, -0.2) is 10.5 Å². The van der Waals surface area contributed by atoms with E-state index in [1.807, 2.05) is 36.4 Å². The molecule has 172 valence electrons. The third-order valence-corrected chi connectivity index (χ3v) is 6.05. The molecule has 0 spiro atoms. The minimum absolute atomic E-state index is 0.134. The first-order valence-corrected chi connectivity index (χ1v) is 11.9. The van der Waals surface area contributed by atoms with E-state index in [4.69, 9.17) is 14.3 Å². The highest BCUT2D eigenvalue weighted by Crippen LogP contribution is 2.27. The van der Waals surface area contributed by atoms with Crippen molar-refractivity contribution in [2.24, 2.45) is 11.8 Å². The molecule has 2 atom stereocenters. The monoisotopic (exact) mass is 456 g/mol. The standard InChI is InChI=1S/C25H32N2O4S/c1-18(2)23(31-27-24(28)20-11-5-4-6-12-20)19(3)17-29-15-9-10-16-30-25-26-21-13-7-8-14-22(21)32-25/h4-8,11-14,18-19,23H,9-10,15-17H2,1-3H3,(H,27,28). The van der Waals surface area contributed by atoms with Gasteiger partial charge in [0.2, 0.25) is 0 Å². The summed E-state index contributed by atoms with van der Waals surface area (Å²) in [7, 11) is 0. The molecule has 6 nitrogen and oxygen atoms in total. The van der Waals surface area contributed by atoms with Crippen LogP contribution in [-0.4, -0.2) is 36.8 Å². The molecule has 0 aliphatic rings. The third kappa shape index (κ3) is 7.29. The lowest BCUT2D eigenvalue weighted by atomic mass is 9.95. The Morgan fingerprint density at radius 2 is 1.72 bits per heavy atom. The molecule has 1 N–H and O–H groups in total. The maximum absolute atomic E-state index is 12.2. The zero-order valence-corrected chi connectivity index (χ0v) is 19.8. The molecule has 0 aliphatic carbocycles. The summed E-state index contributed by atoms with van der Waals surface area (Å²) in [5.74, 6) is 0.148. The molecule has 3 aromatic rings. The summed E-state index contributed by atoms with van der Waals surface area (Å²) in [5, 5.41) is 0.718. The zero-order valence-electron chi connectivity index (χ0n) is 19.0. The Labute approximate surface area is 193 Å². The van der Waals surface area contributed by atoms with Crippen molar-refractivity contribution in [2.75, 3.05) is 19.8 Å². The summed E-state index contributed by atoms with van der Waals surface area (Å²) in [6.07, 6.45) is 1.68. The van der Waals surface area contributed by atoms with Crippen LogP contribution in [0.5, 0.6) is 5.19 Å². The first kappa shape index (κ1) is 24.2. The summed E-state index contributed by atoms with van der Waals surface area (Å²) in [4.78, 5) is 22.4. The minimum Gasteiger partial charge on any atom is -0.470 e. The number of benzene rings is 2. The molecule has 32 heavy (non-hydrogen) atoms. The fourth-order valence-electron chi connectivity index (χ4n) is 3.42. The molecule has 0 fully saturated rings. The SMILES string of the molecule is CC(C)C(ONC(=O)c1ccccc1)C(C)COCCCCOc1nc2ccccc2s1. The van der Waals surface area contributed by atoms with Crippen LogP contribution in [0, 0.1) is 11.8 Å². The van der Waals surface area contributed by atoms with Gasteiger partial charge in [-0.3, -0.25) is 9.63 Å². The van der Waals surface area contributed by atoms with Gasteiger partial charge < -0.3 is 9.47 Å². The van der Waals surface area contributed by atoms with E-state index in [-0.39, 0.29) is 23.8 Å². The summed E-state index contributed by atoms with van der Waals surface area (Å²) in [5.41, 5.74) is 4.14. The van der Waals surface area contributed by atoms with Crippen molar-refractivity contribution in [1.29, 1.82) is 0 Å². The topological polar surface area (TPSA) is 69.7 Å². The average Bonchev–Trinajstić information content (AvgIpc) is 3.21. The van der Waals surface area contributed by atoms with Gasteiger partial charge in [0.1, 0.15) is 0 Å². The van der Waals surface area contributed by atoms with Gasteiger partial charge in [-0.15, -0.1) is 0 Å². The maximum Gasteiger partial charge on any atom is 0.274 e. The van der Waals surface area contributed by atoms with E-state index in [0.717, 1.165) is 28.3 Å². The molecule has 0 aliphatic heterocycles. The number of nitrogens with zero attached hydrogens (tertiary/aromatic N) is 1. The average molecular weight is 457 g/mol. The van der Waals surface area contributed by atoms with Gasteiger partial charge in [-0.05, 0) is 43.0 Å². The van der Waals surface area contributed by atoms with Crippen molar-refractivity contribution in [1.82, 2.24) is 10.5 Å². The number of carbonyl (C=O) groups is 1. The Kier molecular flexibility index (Phi) is 9.46. The number of hydrogen-bond donors (Lipinski definition) is 1. The second-order valence-corrected chi connectivity index (χ2v) is 9.17. The number of aromatic nitrogens is 1. The van der Waals surface area contributed by atoms with E-state index in [0.29, 0.717) is 25.4 Å². The van der Waals surface area contributed by atoms with Crippen molar-refractivity contribution < 1.29 is 19.1 Å². The molecule has 0 radical (unpaired) electrons. The Hall–Kier alpha value is -2.48. The van der Waals surface area contributed by atoms with Crippen LogP contribution < -0.4 is 10.2 Å². The Bertz CT molecular complexity index is 928. The Morgan fingerprint density at radius 1 is 1.00 bits per heavy atom. The number of fused-ring (bicyclic) bond motifs is 1. The number of rotatable bonds is 13. The molecule has 0 saturated carbocycles. The molecule has 2 aromatic carbocycles. The van der Waals surface area contributed by atoms with Crippen molar-refractivity contribution in [3.8, 4) is 5.19 Å². The van der Waals surface area contributed by atoms with E-state index in [9.17, 15) is 4.79 Å². The van der Waals surface area contributed by atoms with Gasteiger partial charge in [0.25, 0.3) is 11.1 Å². The van der Waals surface area contributed by atoms with E-state index < -0.39 is 0 Å². The number of unbranched alkanes of at least 4 members (excludes halogenated alkanes) is 1. The van der Waals surface area contributed by atoms with Crippen LogP contribution in [0.15, 0.2) is 54.6 Å². The lowest BCUT2D eigenvalue weighted by Crippen LogP contribution is -2.38. The number of hydroxylamine groups is 1. The van der Waals surface area contributed by atoms with Gasteiger partial charge in [0.15, 0.2) is 0 Å². The summed E-state index contributed by atoms with van der Waals surface area (Å²) >= 11 is 1.57. The highest BCUT2D eigenvalue weighted by molar-refractivity contribution is 7.20. The first-order valence-electron chi connectivity index (χ1n) is 11.1. The van der Waals surface area contributed by atoms with E-state index in [2.05, 4.69) is 37.3 Å².